The third-order valence-electron chi connectivity index (χ3n) is 3.05. The van der Waals surface area contributed by atoms with Crippen LogP contribution in [0.25, 0.3) is 0 Å². The Hall–Kier alpha value is -2.82. The second kappa shape index (κ2) is 3.84. The Bertz CT molecular complexity index is 675. The lowest BCUT2D eigenvalue weighted by molar-refractivity contribution is 0.0926. The number of nitrogen functional groups attached to an aromatic ring is 1. The van der Waals surface area contributed by atoms with Gasteiger partial charge in [-0.25, -0.2) is 4.90 Å². The first-order valence-corrected chi connectivity index (χ1v) is 5.66. The number of imide groups is 1. The molecule has 3 rings (SSSR count). The van der Waals surface area contributed by atoms with E-state index in [9.17, 15) is 14.7 Å². The van der Waals surface area contributed by atoms with E-state index in [-0.39, 0.29) is 17.1 Å². The van der Waals surface area contributed by atoms with E-state index in [0.29, 0.717) is 11.1 Å². The Labute approximate surface area is 108 Å². The van der Waals surface area contributed by atoms with E-state index in [1.165, 1.54) is 18.2 Å². The smallest absolute Gasteiger partial charge is 0.266 e. The van der Waals surface area contributed by atoms with Gasteiger partial charge in [-0.05, 0) is 24.3 Å². The molecule has 1 heterocycles. The summed E-state index contributed by atoms with van der Waals surface area (Å²) in [7, 11) is 0. The van der Waals surface area contributed by atoms with Crippen LogP contribution in [0.3, 0.4) is 0 Å². The average Bonchev–Trinajstić information content (AvgIpc) is 2.64. The molecule has 0 bridgehead atoms. The first-order valence-electron chi connectivity index (χ1n) is 5.66. The van der Waals surface area contributed by atoms with E-state index >= 15 is 0 Å². The van der Waals surface area contributed by atoms with Gasteiger partial charge in [0.05, 0.1) is 22.5 Å². The van der Waals surface area contributed by atoms with Gasteiger partial charge in [0.15, 0.2) is 0 Å². The maximum atomic E-state index is 12.2. The van der Waals surface area contributed by atoms with E-state index in [1.807, 2.05) is 0 Å². The number of carbonyl (C=O) groups excluding carboxylic acids is 2. The van der Waals surface area contributed by atoms with Gasteiger partial charge in [-0.3, -0.25) is 9.59 Å². The zero-order valence-corrected chi connectivity index (χ0v) is 9.83. The lowest BCUT2D eigenvalue weighted by Crippen LogP contribution is -2.30. The molecule has 0 unspecified atom stereocenters. The number of anilines is 2. The third-order valence-corrected chi connectivity index (χ3v) is 3.05. The molecular weight excluding hydrogens is 244 g/mol. The molecule has 0 radical (unpaired) electrons. The third kappa shape index (κ3) is 1.55. The topological polar surface area (TPSA) is 83.6 Å². The van der Waals surface area contributed by atoms with Gasteiger partial charge in [0.1, 0.15) is 5.75 Å². The molecule has 5 nitrogen and oxygen atoms in total. The van der Waals surface area contributed by atoms with Crippen molar-refractivity contribution in [1.82, 2.24) is 0 Å². The molecular formula is C14H10N2O3. The first-order chi connectivity index (χ1) is 9.09. The Morgan fingerprint density at radius 3 is 2.05 bits per heavy atom. The van der Waals surface area contributed by atoms with Crippen LogP contribution in [-0.4, -0.2) is 16.9 Å². The molecule has 2 aromatic rings. The standard InChI is InChI=1S/C14H10N2O3/c15-11-7-8(17)5-6-12(11)16-13(18)9-3-1-2-4-10(9)14(16)19/h1-7,17H,15H2. The summed E-state index contributed by atoms with van der Waals surface area (Å²) < 4.78 is 0. The number of nitrogens with two attached hydrogens (primary N) is 1. The van der Waals surface area contributed by atoms with Crippen molar-refractivity contribution in [2.24, 2.45) is 0 Å². The van der Waals surface area contributed by atoms with Gasteiger partial charge in [-0.2, -0.15) is 0 Å². The van der Waals surface area contributed by atoms with Crippen molar-refractivity contribution in [3.8, 4) is 5.75 Å². The van der Waals surface area contributed by atoms with Gasteiger partial charge < -0.3 is 10.8 Å². The van der Waals surface area contributed by atoms with Gasteiger partial charge in [0.2, 0.25) is 0 Å². The van der Waals surface area contributed by atoms with Crippen LogP contribution in [0.5, 0.6) is 5.75 Å². The number of hydrogen-bond donors (Lipinski definition) is 2. The lowest BCUT2D eigenvalue weighted by Gasteiger charge is -2.16. The molecule has 3 N–H and O–H groups in total. The lowest BCUT2D eigenvalue weighted by atomic mass is 10.1. The normalized spacial score (nSPS) is 13.8. The fraction of sp³-hybridized carbons (Fsp3) is 0. The molecule has 94 valence electrons. The van der Waals surface area contributed by atoms with Crippen LogP contribution in [0.1, 0.15) is 20.7 Å². The van der Waals surface area contributed by atoms with Crippen LogP contribution in [0, 0.1) is 0 Å². The van der Waals surface area contributed by atoms with Gasteiger partial charge in [0, 0.05) is 6.07 Å². The van der Waals surface area contributed by atoms with Crippen LogP contribution < -0.4 is 10.6 Å². The number of nitrogens with zero attached hydrogens (tertiary/aromatic N) is 1. The maximum Gasteiger partial charge on any atom is 0.266 e. The summed E-state index contributed by atoms with van der Waals surface area (Å²) in [6.07, 6.45) is 0. The summed E-state index contributed by atoms with van der Waals surface area (Å²) in [5.74, 6) is -0.825. The van der Waals surface area contributed by atoms with E-state index in [0.717, 1.165) is 4.90 Å². The molecule has 5 heteroatoms. The first kappa shape index (κ1) is 11.3. The molecule has 0 fully saturated rings. The zero-order chi connectivity index (χ0) is 13.6. The minimum atomic E-state index is -0.405. The zero-order valence-electron chi connectivity index (χ0n) is 9.83. The number of aromatic hydroxyl groups is 1. The molecule has 0 saturated heterocycles. The van der Waals surface area contributed by atoms with E-state index in [1.54, 1.807) is 24.3 Å². The molecule has 2 amide bonds. The van der Waals surface area contributed by atoms with Crippen molar-refractivity contribution < 1.29 is 14.7 Å². The molecule has 0 atom stereocenters. The maximum absolute atomic E-state index is 12.2. The predicted molar refractivity (Wildman–Crippen MR) is 70.1 cm³/mol. The fourth-order valence-corrected chi connectivity index (χ4v) is 2.15. The van der Waals surface area contributed by atoms with Crippen molar-refractivity contribution in [1.29, 1.82) is 0 Å². The summed E-state index contributed by atoms with van der Waals surface area (Å²) in [4.78, 5) is 25.5. The largest absolute Gasteiger partial charge is 0.508 e. The number of phenols is 1. The summed E-state index contributed by atoms with van der Waals surface area (Å²) in [5.41, 5.74) is 6.93. The van der Waals surface area contributed by atoms with E-state index in [2.05, 4.69) is 0 Å². The molecule has 0 spiro atoms. The van der Waals surface area contributed by atoms with E-state index in [4.69, 9.17) is 5.73 Å². The molecule has 1 aliphatic heterocycles. The van der Waals surface area contributed by atoms with Gasteiger partial charge in [-0.1, -0.05) is 12.1 Å². The highest BCUT2D eigenvalue weighted by molar-refractivity contribution is 6.35. The van der Waals surface area contributed by atoms with E-state index < -0.39 is 11.8 Å². The Kier molecular flexibility index (Phi) is 2.28. The fourth-order valence-electron chi connectivity index (χ4n) is 2.15. The van der Waals surface area contributed by atoms with Crippen molar-refractivity contribution >= 4 is 23.2 Å². The quantitative estimate of drug-likeness (QED) is 0.600. The average molecular weight is 254 g/mol. The van der Waals surface area contributed by atoms with Crippen LogP contribution in [0.4, 0.5) is 11.4 Å². The van der Waals surface area contributed by atoms with Gasteiger partial charge in [0.25, 0.3) is 11.8 Å². The number of carbonyl (C=O) groups is 2. The molecule has 1 aliphatic rings. The second-order valence-corrected chi connectivity index (χ2v) is 4.23. The van der Waals surface area contributed by atoms with Gasteiger partial charge >= 0.3 is 0 Å². The SMILES string of the molecule is Nc1cc(O)ccc1N1C(=O)c2ccccc2C1=O. The van der Waals surface area contributed by atoms with Crippen molar-refractivity contribution in [3.05, 3.63) is 53.6 Å². The molecule has 19 heavy (non-hydrogen) atoms. The van der Waals surface area contributed by atoms with Crippen molar-refractivity contribution in [2.45, 2.75) is 0 Å². The Balaban J connectivity index is 2.14. The molecule has 0 aromatic heterocycles. The van der Waals surface area contributed by atoms with Crippen LogP contribution in [0.2, 0.25) is 0 Å². The van der Waals surface area contributed by atoms with Crippen molar-refractivity contribution in [3.63, 3.8) is 0 Å². The second-order valence-electron chi connectivity index (χ2n) is 4.23. The monoisotopic (exact) mass is 254 g/mol. The van der Waals surface area contributed by atoms with Crippen molar-refractivity contribution in [2.75, 3.05) is 10.6 Å². The summed E-state index contributed by atoms with van der Waals surface area (Å²) in [6.45, 7) is 0. The molecule has 2 aromatic carbocycles. The number of hydrogen-bond acceptors (Lipinski definition) is 4. The minimum absolute atomic E-state index is 0.0159. The Morgan fingerprint density at radius 1 is 0.947 bits per heavy atom. The number of rotatable bonds is 1. The highest BCUT2D eigenvalue weighted by atomic mass is 16.3. The molecule has 0 aliphatic carbocycles. The molecule has 0 saturated carbocycles. The number of benzene rings is 2. The summed E-state index contributed by atoms with van der Waals surface area (Å²) in [6, 6.07) is 10.8. The summed E-state index contributed by atoms with van der Waals surface area (Å²) in [5, 5.41) is 9.32. The number of fused-ring (bicyclic) bond motifs is 1. The van der Waals surface area contributed by atoms with Crippen LogP contribution >= 0.6 is 0 Å². The predicted octanol–water partition coefficient (Wildman–Crippen LogP) is 1.77. The summed E-state index contributed by atoms with van der Waals surface area (Å²) >= 11 is 0. The van der Waals surface area contributed by atoms with Gasteiger partial charge in [-0.15, -0.1) is 0 Å². The Morgan fingerprint density at radius 2 is 1.53 bits per heavy atom. The minimum Gasteiger partial charge on any atom is -0.508 e. The van der Waals surface area contributed by atoms with Crippen LogP contribution in [0.15, 0.2) is 42.5 Å². The number of amides is 2. The highest BCUT2D eigenvalue weighted by Crippen LogP contribution is 2.33. The van der Waals surface area contributed by atoms with Crippen LogP contribution in [-0.2, 0) is 0 Å². The highest BCUT2D eigenvalue weighted by Gasteiger charge is 2.37. The number of phenolic OH excluding ortho intramolecular Hbond substituents is 1.